The Morgan fingerprint density at radius 1 is 0.974 bits per heavy atom. The zero-order chi connectivity index (χ0) is 26.9. The number of carbonyl (C=O) groups excluding carboxylic acids is 2. The van der Waals surface area contributed by atoms with Gasteiger partial charge in [-0.3, -0.25) is 14.5 Å². The smallest absolute Gasteiger partial charge is 0.366 e. The number of nitrogens with zero attached hydrogens (tertiary/aromatic N) is 6. The number of piperazine rings is 1. The number of carbonyl (C=O) groups is 2. The molecule has 38 heavy (non-hydrogen) atoms. The van der Waals surface area contributed by atoms with E-state index in [1.807, 2.05) is 24.4 Å². The molecule has 0 aliphatic carbocycles. The van der Waals surface area contributed by atoms with Gasteiger partial charge in [0.1, 0.15) is 0 Å². The van der Waals surface area contributed by atoms with Gasteiger partial charge in [0.2, 0.25) is 17.8 Å². The second kappa shape index (κ2) is 10.6. The van der Waals surface area contributed by atoms with E-state index in [9.17, 15) is 22.8 Å². The average molecular weight is 530 g/mol. The first-order chi connectivity index (χ1) is 18.2. The monoisotopic (exact) mass is 529 g/mol. The number of nitrogens with two attached hydrogens (primary N) is 1. The SMILES string of the molecule is NC(=O)c1ccc2ccn(CC3CCN(CC(=O)N4CCN(c5ncc(C(F)(F)F)cn5)CC4)CC3)c2c1. The van der Waals surface area contributed by atoms with Crippen LogP contribution in [0.2, 0.25) is 0 Å². The molecule has 0 radical (unpaired) electrons. The van der Waals surface area contributed by atoms with Crippen molar-refractivity contribution in [1.29, 1.82) is 0 Å². The van der Waals surface area contributed by atoms with Crippen LogP contribution < -0.4 is 10.6 Å². The van der Waals surface area contributed by atoms with Crippen LogP contribution in [0.25, 0.3) is 10.9 Å². The highest BCUT2D eigenvalue weighted by atomic mass is 19.4. The van der Waals surface area contributed by atoms with E-state index in [4.69, 9.17) is 5.73 Å². The fraction of sp³-hybridized carbons (Fsp3) is 0.462. The molecule has 202 valence electrons. The van der Waals surface area contributed by atoms with E-state index in [0.29, 0.717) is 44.2 Å². The van der Waals surface area contributed by atoms with Crippen LogP contribution in [0.4, 0.5) is 19.1 Å². The lowest BCUT2D eigenvalue weighted by Crippen LogP contribution is -2.52. The van der Waals surface area contributed by atoms with Gasteiger partial charge in [0.15, 0.2) is 0 Å². The lowest BCUT2D eigenvalue weighted by Gasteiger charge is -2.37. The molecule has 2 aliphatic heterocycles. The van der Waals surface area contributed by atoms with E-state index in [0.717, 1.165) is 55.8 Å². The quantitative estimate of drug-likeness (QED) is 0.527. The van der Waals surface area contributed by atoms with Crippen LogP contribution in [0.15, 0.2) is 42.9 Å². The Kier molecular flexibility index (Phi) is 7.24. The number of anilines is 1. The molecule has 2 fully saturated rings. The highest BCUT2D eigenvalue weighted by Gasteiger charge is 2.32. The third-order valence-corrected chi connectivity index (χ3v) is 7.46. The summed E-state index contributed by atoms with van der Waals surface area (Å²) in [5.74, 6) is 0.341. The van der Waals surface area contributed by atoms with Gasteiger partial charge in [0, 0.05) is 62.4 Å². The van der Waals surface area contributed by atoms with Gasteiger partial charge in [-0.15, -0.1) is 0 Å². The number of rotatable bonds is 6. The van der Waals surface area contributed by atoms with Crippen molar-refractivity contribution in [2.45, 2.75) is 25.6 Å². The van der Waals surface area contributed by atoms with Gasteiger partial charge >= 0.3 is 6.18 Å². The van der Waals surface area contributed by atoms with Gasteiger partial charge in [0.05, 0.1) is 12.1 Å². The summed E-state index contributed by atoms with van der Waals surface area (Å²) < 4.78 is 40.4. The molecule has 12 heteroatoms. The molecule has 5 rings (SSSR count). The molecular formula is C26H30F3N7O2. The molecule has 2 saturated heterocycles. The van der Waals surface area contributed by atoms with E-state index in [1.165, 1.54) is 0 Å². The molecule has 0 saturated carbocycles. The van der Waals surface area contributed by atoms with E-state index in [1.54, 1.807) is 15.9 Å². The third-order valence-electron chi connectivity index (χ3n) is 7.46. The molecule has 4 heterocycles. The first kappa shape index (κ1) is 26.0. The Hall–Kier alpha value is -3.67. The van der Waals surface area contributed by atoms with Gasteiger partial charge in [-0.05, 0) is 55.4 Å². The molecule has 9 nitrogen and oxygen atoms in total. The van der Waals surface area contributed by atoms with E-state index < -0.39 is 17.6 Å². The molecule has 3 aromatic rings. The summed E-state index contributed by atoms with van der Waals surface area (Å²) in [5, 5.41) is 1.07. The summed E-state index contributed by atoms with van der Waals surface area (Å²) in [5.41, 5.74) is 6.06. The van der Waals surface area contributed by atoms with Crippen LogP contribution in [-0.4, -0.2) is 82.0 Å². The van der Waals surface area contributed by atoms with Crippen LogP contribution in [0, 0.1) is 5.92 Å². The van der Waals surface area contributed by atoms with Crippen molar-refractivity contribution in [3.05, 3.63) is 54.0 Å². The molecule has 1 aromatic carbocycles. The predicted octanol–water partition coefficient (Wildman–Crippen LogP) is 2.61. The minimum Gasteiger partial charge on any atom is -0.366 e. The summed E-state index contributed by atoms with van der Waals surface area (Å²) in [6.45, 7) is 4.78. The number of amides is 2. The van der Waals surface area contributed by atoms with Crippen LogP contribution in [0.5, 0.6) is 0 Å². The Labute approximate surface area is 218 Å². The van der Waals surface area contributed by atoms with E-state index >= 15 is 0 Å². The summed E-state index contributed by atoms with van der Waals surface area (Å²) in [4.78, 5) is 38.0. The average Bonchev–Trinajstić information content (AvgIpc) is 3.31. The lowest BCUT2D eigenvalue weighted by atomic mass is 9.96. The number of aromatic nitrogens is 3. The van der Waals surface area contributed by atoms with Crippen molar-refractivity contribution in [3.63, 3.8) is 0 Å². The van der Waals surface area contributed by atoms with Gasteiger partial charge in [0.25, 0.3) is 0 Å². The molecule has 2 aromatic heterocycles. The Bertz CT molecular complexity index is 1290. The van der Waals surface area contributed by atoms with Gasteiger partial charge in [-0.25, -0.2) is 9.97 Å². The summed E-state index contributed by atoms with van der Waals surface area (Å²) in [7, 11) is 0. The Morgan fingerprint density at radius 3 is 2.29 bits per heavy atom. The number of hydrogen-bond acceptors (Lipinski definition) is 6. The minimum atomic E-state index is -4.47. The fourth-order valence-corrected chi connectivity index (χ4v) is 5.18. The summed E-state index contributed by atoms with van der Waals surface area (Å²) in [6.07, 6.45) is 1.11. The molecule has 2 amide bonds. The third kappa shape index (κ3) is 5.74. The maximum atomic E-state index is 12.9. The number of primary amides is 1. The number of piperidine rings is 1. The van der Waals surface area contributed by atoms with Gasteiger partial charge in [-0.1, -0.05) is 6.07 Å². The first-order valence-electron chi connectivity index (χ1n) is 12.7. The summed E-state index contributed by atoms with van der Waals surface area (Å²) >= 11 is 0. The molecule has 2 N–H and O–H groups in total. The first-order valence-corrected chi connectivity index (χ1v) is 12.7. The van der Waals surface area contributed by atoms with Crippen molar-refractivity contribution in [3.8, 4) is 0 Å². The zero-order valence-corrected chi connectivity index (χ0v) is 20.9. The highest BCUT2D eigenvalue weighted by Crippen LogP contribution is 2.28. The Morgan fingerprint density at radius 2 is 1.66 bits per heavy atom. The van der Waals surface area contributed by atoms with Crippen LogP contribution >= 0.6 is 0 Å². The fourth-order valence-electron chi connectivity index (χ4n) is 5.18. The second-order valence-corrected chi connectivity index (χ2v) is 9.96. The minimum absolute atomic E-state index is 0.0619. The number of hydrogen-bond donors (Lipinski definition) is 1. The number of benzene rings is 1. The number of fused-ring (bicyclic) bond motifs is 1. The predicted molar refractivity (Wildman–Crippen MR) is 135 cm³/mol. The number of likely N-dealkylation sites (tertiary alicyclic amines) is 1. The number of alkyl halides is 3. The van der Waals surface area contributed by atoms with Crippen LogP contribution in [0.1, 0.15) is 28.8 Å². The van der Waals surface area contributed by atoms with E-state index in [2.05, 4.69) is 19.4 Å². The molecule has 2 aliphatic rings. The zero-order valence-electron chi connectivity index (χ0n) is 20.9. The molecule has 0 atom stereocenters. The van der Waals surface area contributed by atoms with Crippen molar-refractivity contribution in [2.24, 2.45) is 11.7 Å². The lowest BCUT2D eigenvalue weighted by molar-refractivity contribution is -0.138. The van der Waals surface area contributed by atoms with E-state index in [-0.39, 0.29) is 11.9 Å². The number of halogens is 3. The van der Waals surface area contributed by atoms with Crippen molar-refractivity contribution in [2.75, 3.05) is 50.7 Å². The van der Waals surface area contributed by atoms with Crippen molar-refractivity contribution in [1.82, 2.24) is 24.3 Å². The summed E-state index contributed by atoms with van der Waals surface area (Å²) in [6, 6.07) is 7.54. The maximum absolute atomic E-state index is 12.9. The maximum Gasteiger partial charge on any atom is 0.419 e. The van der Waals surface area contributed by atoms with Gasteiger partial charge < -0.3 is 20.1 Å². The topological polar surface area (TPSA) is 101 Å². The second-order valence-electron chi connectivity index (χ2n) is 9.96. The molecular weight excluding hydrogens is 499 g/mol. The Balaban J connectivity index is 1.08. The largest absolute Gasteiger partial charge is 0.419 e. The standard InChI is InChI=1S/C26H30F3N7O2/c27-26(28,29)21-14-31-25(32-15-21)35-11-9-34(10-12-35)23(37)17-33-6-3-18(4-7-33)16-36-8-5-19-1-2-20(24(30)38)13-22(19)36/h1-2,5,8,13-15,18H,3-4,6-7,9-12,16-17H2,(H2,30,38). The van der Waals surface area contributed by atoms with Crippen molar-refractivity contribution >= 4 is 28.7 Å². The van der Waals surface area contributed by atoms with Gasteiger partial charge in [-0.2, -0.15) is 13.2 Å². The van der Waals surface area contributed by atoms with Crippen LogP contribution in [-0.2, 0) is 17.5 Å². The molecule has 0 bridgehead atoms. The highest BCUT2D eigenvalue weighted by molar-refractivity contribution is 5.97. The molecule has 0 unspecified atom stereocenters. The van der Waals surface area contributed by atoms with Crippen LogP contribution in [0.3, 0.4) is 0 Å². The molecule has 0 spiro atoms. The normalized spacial score (nSPS) is 17.8. The van der Waals surface area contributed by atoms with Crippen molar-refractivity contribution < 1.29 is 22.8 Å².